The normalized spacial score (nSPS) is 28.3. The Labute approximate surface area is 121 Å². The summed E-state index contributed by atoms with van der Waals surface area (Å²) in [4.78, 5) is 16.0. The number of hydrogen-bond donors (Lipinski definition) is 1. The average molecular weight is 303 g/mol. The Kier molecular flexibility index (Phi) is 4.90. The number of hydrogen-bond acceptors (Lipinski definition) is 4. The molecular formula is C13H25N3O3S. The molecule has 2 fully saturated rings. The summed E-state index contributed by atoms with van der Waals surface area (Å²) in [7, 11) is -2.83. The molecule has 2 atom stereocenters. The molecule has 0 aromatic rings. The second kappa shape index (κ2) is 6.30. The van der Waals surface area contributed by atoms with Gasteiger partial charge in [-0.05, 0) is 19.8 Å². The van der Waals surface area contributed by atoms with Crippen LogP contribution >= 0.6 is 0 Å². The van der Waals surface area contributed by atoms with Crippen LogP contribution in [0.1, 0.15) is 26.7 Å². The molecule has 0 aromatic carbocycles. The topological polar surface area (TPSA) is 69.7 Å². The zero-order valence-corrected chi connectivity index (χ0v) is 13.2. The third-order valence-electron chi connectivity index (χ3n) is 4.31. The second-order valence-corrected chi connectivity index (χ2v) is 8.07. The van der Waals surface area contributed by atoms with Gasteiger partial charge in [0.05, 0.1) is 11.5 Å². The first-order chi connectivity index (χ1) is 9.41. The van der Waals surface area contributed by atoms with E-state index in [1.807, 2.05) is 18.7 Å². The van der Waals surface area contributed by atoms with E-state index in [-0.39, 0.29) is 23.9 Å². The Morgan fingerprint density at radius 3 is 2.45 bits per heavy atom. The zero-order valence-electron chi connectivity index (χ0n) is 12.3. The van der Waals surface area contributed by atoms with Crippen LogP contribution in [0.3, 0.4) is 0 Å². The van der Waals surface area contributed by atoms with Crippen molar-refractivity contribution in [3.05, 3.63) is 0 Å². The Hall–Kier alpha value is -0.820. The van der Waals surface area contributed by atoms with Gasteiger partial charge in [0, 0.05) is 38.3 Å². The van der Waals surface area contributed by atoms with Crippen molar-refractivity contribution in [2.24, 2.45) is 0 Å². The number of carbonyl (C=O) groups excluding carboxylic acids is 1. The molecule has 2 aliphatic heterocycles. The molecule has 2 rings (SSSR count). The van der Waals surface area contributed by atoms with Crippen molar-refractivity contribution >= 4 is 15.9 Å². The summed E-state index contributed by atoms with van der Waals surface area (Å²) >= 11 is 0. The molecule has 20 heavy (non-hydrogen) atoms. The first kappa shape index (κ1) is 15.6. The number of nitrogens with zero attached hydrogens (tertiary/aromatic N) is 2. The van der Waals surface area contributed by atoms with E-state index in [0.29, 0.717) is 18.8 Å². The quantitative estimate of drug-likeness (QED) is 0.814. The van der Waals surface area contributed by atoms with Gasteiger partial charge in [-0.15, -0.1) is 0 Å². The fraction of sp³-hybridized carbons (Fsp3) is 0.923. The molecule has 2 heterocycles. The van der Waals surface area contributed by atoms with Crippen LogP contribution in [0.2, 0.25) is 0 Å². The molecule has 2 saturated heterocycles. The first-order valence-corrected chi connectivity index (χ1v) is 9.23. The highest BCUT2D eigenvalue weighted by molar-refractivity contribution is 7.91. The van der Waals surface area contributed by atoms with E-state index in [1.54, 1.807) is 0 Å². The number of rotatable bonds is 3. The highest BCUT2D eigenvalue weighted by Crippen LogP contribution is 2.19. The van der Waals surface area contributed by atoms with E-state index in [0.717, 1.165) is 25.9 Å². The fourth-order valence-electron chi connectivity index (χ4n) is 2.76. The summed E-state index contributed by atoms with van der Waals surface area (Å²) in [5, 5.41) is 2.97. The predicted molar refractivity (Wildman–Crippen MR) is 78.5 cm³/mol. The van der Waals surface area contributed by atoms with Gasteiger partial charge in [0.2, 0.25) is 0 Å². The molecule has 7 heteroatoms. The zero-order chi connectivity index (χ0) is 14.8. The SMILES string of the molecule is CCC(C)NC(=O)N1CCN(C2CCS(=O)(=O)C2)CC1. The van der Waals surface area contributed by atoms with Crippen molar-refractivity contribution in [2.45, 2.75) is 38.8 Å². The van der Waals surface area contributed by atoms with Crippen molar-refractivity contribution in [2.75, 3.05) is 37.7 Å². The van der Waals surface area contributed by atoms with Gasteiger partial charge in [0.25, 0.3) is 0 Å². The van der Waals surface area contributed by atoms with Crippen LogP contribution in [0, 0.1) is 0 Å². The van der Waals surface area contributed by atoms with Gasteiger partial charge in [-0.3, -0.25) is 4.90 Å². The fourth-order valence-corrected chi connectivity index (χ4v) is 4.52. The first-order valence-electron chi connectivity index (χ1n) is 7.41. The average Bonchev–Trinajstić information content (AvgIpc) is 2.79. The molecule has 0 aromatic heterocycles. The van der Waals surface area contributed by atoms with Gasteiger partial charge >= 0.3 is 6.03 Å². The summed E-state index contributed by atoms with van der Waals surface area (Å²) in [5.74, 6) is 0.596. The summed E-state index contributed by atoms with van der Waals surface area (Å²) in [6, 6.07) is 0.346. The molecule has 2 unspecified atom stereocenters. The molecular weight excluding hydrogens is 278 g/mol. The van der Waals surface area contributed by atoms with E-state index < -0.39 is 9.84 Å². The molecule has 0 bridgehead atoms. The number of piperazine rings is 1. The Balaban J connectivity index is 1.79. The van der Waals surface area contributed by atoms with Crippen LogP contribution < -0.4 is 5.32 Å². The number of nitrogens with one attached hydrogen (secondary N) is 1. The Bertz CT molecular complexity index is 444. The molecule has 0 radical (unpaired) electrons. The second-order valence-electron chi connectivity index (χ2n) is 5.84. The van der Waals surface area contributed by atoms with Gasteiger partial charge in [0.15, 0.2) is 9.84 Å². The minimum absolute atomic E-state index is 0.00181. The third-order valence-corrected chi connectivity index (χ3v) is 6.06. The summed E-state index contributed by atoms with van der Waals surface area (Å²) in [6.07, 6.45) is 1.66. The lowest BCUT2D eigenvalue weighted by molar-refractivity contribution is 0.114. The summed E-state index contributed by atoms with van der Waals surface area (Å²) < 4.78 is 23.0. The predicted octanol–water partition coefficient (Wildman–Crippen LogP) is 0.299. The van der Waals surface area contributed by atoms with Crippen LogP contribution in [0.5, 0.6) is 0 Å². The van der Waals surface area contributed by atoms with Gasteiger partial charge in [-0.2, -0.15) is 0 Å². The smallest absolute Gasteiger partial charge is 0.317 e. The number of sulfone groups is 1. The molecule has 116 valence electrons. The molecule has 0 saturated carbocycles. The minimum Gasteiger partial charge on any atom is -0.336 e. The van der Waals surface area contributed by atoms with E-state index in [2.05, 4.69) is 10.2 Å². The molecule has 2 amide bonds. The third kappa shape index (κ3) is 3.85. The van der Waals surface area contributed by atoms with E-state index in [9.17, 15) is 13.2 Å². The number of carbonyl (C=O) groups is 1. The Morgan fingerprint density at radius 2 is 1.95 bits per heavy atom. The maximum atomic E-state index is 12.0. The number of urea groups is 1. The highest BCUT2D eigenvalue weighted by atomic mass is 32.2. The van der Waals surface area contributed by atoms with E-state index in [4.69, 9.17) is 0 Å². The van der Waals surface area contributed by atoms with Gasteiger partial charge in [-0.1, -0.05) is 6.92 Å². The van der Waals surface area contributed by atoms with Gasteiger partial charge in [0.1, 0.15) is 0 Å². The highest BCUT2D eigenvalue weighted by Gasteiger charge is 2.34. The monoisotopic (exact) mass is 303 g/mol. The van der Waals surface area contributed by atoms with Gasteiger partial charge in [-0.25, -0.2) is 13.2 Å². The lowest BCUT2D eigenvalue weighted by atomic mass is 10.2. The molecule has 0 aliphatic carbocycles. The lowest BCUT2D eigenvalue weighted by Gasteiger charge is -2.37. The van der Waals surface area contributed by atoms with Crippen LogP contribution in [-0.4, -0.2) is 74.0 Å². The van der Waals surface area contributed by atoms with Crippen molar-refractivity contribution in [1.29, 1.82) is 0 Å². The van der Waals surface area contributed by atoms with Crippen molar-refractivity contribution in [3.8, 4) is 0 Å². The summed E-state index contributed by atoms with van der Waals surface area (Å²) in [6.45, 7) is 6.95. The maximum absolute atomic E-state index is 12.0. The summed E-state index contributed by atoms with van der Waals surface area (Å²) in [5.41, 5.74) is 0. The van der Waals surface area contributed by atoms with Crippen LogP contribution in [0.15, 0.2) is 0 Å². The largest absolute Gasteiger partial charge is 0.336 e. The van der Waals surface area contributed by atoms with Crippen LogP contribution in [0.25, 0.3) is 0 Å². The molecule has 1 N–H and O–H groups in total. The van der Waals surface area contributed by atoms with E-state index >= 15 is 0 Å². The number of amides is 2. The standard InChI is InChI=1S/C13H25N3O3S/c1-3-11(2)14-13(17)16-7-5-15(6-8-16)12-4-9-20(18,19)10-12/h11-12H,3-10H2,1-2H3,(H,14,17). The molecule has 2 aliphatic rings. The van der Waals surface area contributed by atoms with Crippen molar-refractivity contribution < 1.29 is 13.2 Å². The lowest BCUT2D eigenvalue weighted by Crippen LogP contribution is -2.55. The molecule has 0 spiro atoms. The van der Waals surface area contributed by atoms with Crippen molar-refractivity contribution in [3.63, 3.8) is 0 Å². The van der Waals surface area contributed by atoms with Crippen molar-refractivity contribution in [1.82, 2.24) is 15.1 Å². The Morgan fingerprint density at radius 1 is 1.30 bits per heavy atom. The molecule has 6 nitrogen and oxygen atoms in total. The van der Waals surface area contributed by atoms with Gasteiger partial charge < -0.3 is 10.2 Å². The maximum Gasteiger partial charge on any atom is 0.317 e. The van der Waals surface area contributed by atoms with Crippen LogP contribution in [0.4, 0.5) is 4.79 Å². The minimum atomic E-state index is -2.83. The van der Waals surface area contributed by atoms with E-state index in [1.165, 1.54) is 0 Å². The van der Waals surface area contributed by atoms with Crippen LogP contribution in [-0.2, 0) is 9.84 Å².